The molecular weight excluding hydrogens is 386 g/mol. The lowest BCUT2D eigenvalue weighted by atomic mass is 10.1. The second-order valence-electron chi connectivity index (χ2n) is 6.90. The first kappa shape index (κ1) is 21.3. The maximum absolute atomic E-state index is 13.0. The van der Waals surface area contributed by atoms with E-state index in [2.05, 4.69) is 20.7 Å². The van der Waals surface area contributed by atoms with E-state index < -0.39 is 5.91 Å². The first-order valence-electron chi connectivity index (χ1n) is 9.78. The highest BCUT2D eigenvalue weighted by atomic mass is 16.5. The summed E-state index contributed by atoms with van der Waals surface area (Å²) in [4.78, 5) is 29.2. The Morgan fingerprint density at radius 2 is 2.03 bits per heavy atom. The molecule has 0 atom stereocenters. The fourth-order valence-electron chi connectivity index (χ4n) is 3.39. The number of aryl methyl sites for hydroxylation is 3. The molecular formula is C20H27N7O3. The predicted molar refractivity (Wildman–Crippen MR) is 114 cm³/mol. The number of hydrogen-bond donors (Lipinski definition) is 3. The van der Waals surface area contributed by atoms with E-state index in [-0.39, 0.29) is 11.5 Å². The fraction of sp³-hybridized carbons (Fsp3) is 0.400. The van der Waals surface area contributed by atoms with Gasteiger partial charge >= 0.3 is 0 Å². The SMILES string of the molecule is CCn1nc(C)cc1C(=O)Nc1nc2cc(C(N)=O)cc(OC)c2n1CCCNC. The van der Waals surface area contributed by atoms with Crippen molar-refractivity contribution in [2.75, 3.05) is 26.0 Å². The van der Waals surface area contributed by atoms with Crippen LogP contribution in [0.5, 0.6) is 5.75 Å². The Balaban J connectivity index is 2.08. The molecule has 3 aromatic rings. The van der Waals surface area contributed by atoms with Gasteiger partial charge in [0.15, 0.2) is 0 Å². The molecule has 0 saturated heterocycles. The third-order valence-corrected chi connectivity index (χ3v) is 4.78. The molecule has 0 aliphatic heterocycles. The lowest BCUT2D eigenvalue weighted by molar-refractivity contribution is 0.0995. The number of anilines is 1. The van der Waals surface area contributed by atoms with E-state index in [1.165, 1.54) is 7.11 Å². The van der Waals surface area contributed by atoms with Gasteiger partial charge in [0.25, 0.3) is 5.91 Å². The van der Waals surface area contributed by atoms with Crippen molar-refractivity contribution in [2.24, 2.45) is 5.73 Å². The molecule has 0 fully saturated rings. The predicted octanol–water partition coefficient (Wildman–Crippen LogP) is 1.53. The molecule has 0 aliphatic carbocycles. The van der Waals surface area contributed by atoms with Gasteiger partial charge in [0.2, 0.25) is 11.9 Å². The molecule has 3 rings (SSSR count). The van der Waals surface area contributed by atoms with Crippen LogP contribution >= 0.6 is 0 Å². The summed E-state index contributed by atoms with van der Waals surface area (Å²) in [5, 5.41) is 10.3. The minimum absolute atomic E-state index is 0.289. The van der Waals surface area contributed by atoms with Crippen molar-refractivity contribution < 1.29 is 14.3 Å². The van der Waals surface area contributed by atoms with Crippen LogP contribution in [0, 0.1) is 6.92 Å². The number of amides is 2. The first-order chi connectivity index (χ1) is 14.4. The van der Waals surface area contributed by atoms with Gasteiger partial charge in [-0.1, -0.05) is 0 Å². The van der Waals surface area contributed by atoms with Gasteiger partial charge in [0.05, 0.1) is 18.3 Å². The molecule has 160 valence electrons. The molecule has 0 radical (unpaired) electrons. The first-order valence-corrected chi connectivity index (χ1v) is 9.78. The summed E-state index contributed by atoms with van der Waals surface area (Å²) in [5.74, 6) is -0.0507. The van der Waals surface area contributed by atoms with Gasteiger partial charge in [-0.2, -0.15) is 5.10 Å². The van der Waals surface area contributed by atoms with Crippen LogP contribution in [0.4, 0.5) is 5.95 Å². The van der Waals surface area contributed by atoms with E-state index >= 15 is 0 Å². The Bertz CT molecular complexity index is 1080. The monoisotopic (exact) mass is 413 g/mol. The molecule has 30 heavy (non-hydrogen) atoms. The highest BCUT2D eigenvalue weighted by molar-refractivity contribution is 6.04. The Morgan fingerprint density at radius 1 is 1.27 bits per heavy atom. The molecule has 4 N–H and O–H groups in total. The van der Waals surface area contributed by atoms with E-state index in [1.807, 2.05) is 25.5 Å². The summed E-state index contributed by atoms with van der Waals surface area (Å²) < 4.78 is 9.02. The highest BCUT2D eigenvalue weighted by Gasteiger charge is 2.21. The minimum Gasteiger partial charge on any atom is -0.494 e. The molecule has 10 nitrogen and oxygen atoms in total. The number of benzene rings is 1. The van der Waals surface area contributed by atoms with Crippen molar-refractivity contribution in [1.82, 2.24) is 24.6 Å². The highest BCUT2D eigenvalue weighted by Crippen LogP contribution is 2.31. The van der Waals surface area contributed by atoms with Crippen molar-refractivity contribution in [2.45, 2.75) is 33.4 Å². The topological polar surface area (TPSA) is 129 Å². The largest absolute Gasteiger partial charge is 0.494 e. The molecule has 0 saturated carbocycles. The van der Waals surface area contributed by atoms with Crippen LogP contribution in [0.15, 0.2) is 18.2 Å². The number of carbonyl (C=O) groups excluding carboxylic acids is 2. The Kier molecular flexibility index (Phi) is 6.36. The summed E-state index contributed by atoms with van der Waals surface area (Å²) in [7, 11) is 3.40. The molecule has 10 heteroatoms. The molecule has 0 bridgehead atoms. The van der Waals surface area contributed by atoms with Gasteiger partial charge in [-0.3, -0.25) is 19.6 Å². The maximum Gasteiger partial charge on any atom is 0.276 e. The van der Waals surface area contributed by atoms with Crippen LogP contribution in [-0.2, 0) is 13.1 Å². The maximum atomic E-state index is 13.0. The molecule has 1 aromatic carbocycles. The number of aromatic nitrogens is 4. The van der Waals surface area contributed by atoms with Crippen LogP contribution in [0.25, 0.3) is 11.0 Å². The van der Waals surface area contributed by atoms with Gasteiger partial charge in [-0.25, -0.2) is 4.98 Å². The van der Waals surface area contributed by atoms with Crippen molar-refractivity contribution >= 4 is 28.8 Å². The van der Waals surface area contributed by atoms with E-state index in [0.29, 0.717) is 41.5 Å². The molecule has 0 unspecified atom stereocenters. The van der Waals surface area contributed by atoms with Gasteiger partial charge < -0.3 is 20.4 Å². The summed E-state index contributed by atoms with van der Waals surface area (Å²) in [5.41, 5.74) is 8.15. The van der Waals surface area contributed by atoms with E-state index in [9.17, 15) is 9.59 Å². The van der Waals surface area contributed by atoms with Crippen molar-refractivity contribution in [3.8, 4) is 5.75 Å². The quantitative estimate of drug-likeness (QED) is 0.456. The summed E-state index contributed by atoms with van der Waals surface area (Å²) in [6.07, 6.45) is 0.803. The van der Waals surface area contributed by atoms with Crippen LogP contribution in [0.2, 0.25) is 0 Å². The number of ether oxygens (including phenoxy) is 1. The average Bonchev–Trinajstić information content (AvgIpc) is 3.27. The molecule has 0 spiro atoms. The van der Waals surface area contributed by atoms with Crippen LogP contribution < -0.4 is 21.1 Å². The number of fused-ring (bicyclic) bond motifs is 1. The van der Waals surface area contributed by atoms with Crippen LogP contribution in [0.1, 0.15) is 39.9 Å². The Hall–Kier alpha value is -3.40. The van der Waals surface area contributed by atoms with E-state index in [4.69, 9.17) is 10.5 Å². The molecule has 2 aromatic heterocycles. The molecule has 0 aliphatic rings. The van der Waals surface area contributed by atoms with Gasteiger partial charge in [0, 0.05) is 18.7 Å². The van der Waals surface area contributed by atoms with Gasteiger partial charge in [0.1, 0.15) is 17.0 Å². The number of nitrogens with one attached hydrogen (secondary N) is 2. The van der Waals surface area contributed by atoms with E-state index in [0.717, 1.165) is 18.7 Å². The lowest BCUT2D eigenvalue weighted by Crippen LogP contribution is -2.20. The smallest absolute Gasteiger partial charge is 0.276 e. The summed E-state index contributed by atoms with van der Waals surface area (Å²) in [6, 6.07) is 4.92. The molecule has 2 amide bonds. The van der Waals surface area contributed by atoms with Crippen molar-refractivity contribution in [3.63, 3.8) is 0 Å². The zero-order chi connectivity index (χ0) is 21.8. The van der Waals surface area contributed by atoms with Gasteiger partial charge in [-0.05, 0) is 52.1 Å². The Labute approximate surface area is 174 Å². The van der Waals surface area contributed by atoms with Crippen molar-refractivity contribution in [3.05, 3.63) is 35.2 Å². The number of hydrogen-bond acceptors (Lipinski definition) is 6. The summed E-state index contributed by atoms with van der Waals surface area (Å²) in [6.45, 7) is 5.71. The minimum atomic E-state index is -0.576. The third kappa shape index (κ3) is 4.13. The second kappa shape index (κ2) is 8.95. The van der Waals surface area contributed by atoms with Crippen LogP contribution in [0.3, 0.4) is 0 Å². The van der Waals surface area contributed by atoms with Gasteiger partial charge in [-0.15, -0.1) is 0 Å². The number of nitrogens with zero attached hydrogens (tertiary/aromatic N) is 4. The molecule has 2 heterocycles. The fourth-order valence-corrected chi connectivity index (χ4v) is 3.39. The summed E-state index contributed by atoms with van der Waals surface area (Å²) >= 11 is 0. The van der Waals surface area contributed by atoms with E-state index in [1.54, 1.807) is 22.9 Å². The van der Waals surface area contributed by atoms with Crippen LogP contribution in [-0.4, -0.2) is 51.8 Å². The number of imidazole rings is 1. The third-order valence-electron chi connectivity index (χ3n) is 4.78. The van der Waals surface area contributed by atoms with Crippen molar-refractivity contribution in [1.29, 1.82) is 0 Å². The number of carbonyl (C=O) groups is 2. The standard InChI is InChI=1S/C20H27N7O3/c1-5-27-15(9-12(2)25-27)19(29)24-20-23-14-10-13(18(21)28)11-16(30-4)17(14)26(20)8-6-7-22-3/h9-11,22H,5-8H2,1-4H3,(H2,21,28)(H,23,24,29). The number of nitrogens with two attached hydrogens (primary N) is 1. The zero-order valence-corrected chi connectivity index (χ0v) is 17.7. The lowest BCUT2D eigenvalue weighted by Gasteiger charge is -2.12. The average molecular weight is 413 g/mol. The normalized spacial score (nSPS) is 11.1. The number of rotatable bonds is 9. The number of primary amides is 1. The number of methoxy groups -OCH3 is 1. The zero-order valence-electron chi connectivity index (χ0n) is 17.7. The second-order valence-corrected chi connectivity index (χ2v) is 6.90. The Morgan fingerprint density at radius 3 is 2.67 bits per heavy atom.